The summed E-state index contributed by atoms with van der Waals surface area (Å²) >= 11 is 0. The second-order valence-electron chi connectivity index (χ2n) is 5.25. The molecule has 1 saturated carbocycles. The molecule has 1 unspecified atom stereocenters. The molecule has 1 atom stereocenters. The Balaban J connectivity index is 1.80. The zero-order chi connectivity index (χ0) is 12.1. The molecule has 94 valence electrons. The molecule has 0 aromatic heterocycles. The fourth-order valence-electron chi connectivity index (χ4n) is 2.40. The van der Waals surface area contributed by atoms with Gasteiger partial charge in [0.15, 0.2) is 0 Å². The first-order chi connectivity index (χ1) is 8.31. The minimum Gasteiger partial charge on any atom is -0.330 e. The van der Waals surface area contributed by atoms with Crippen molar-refractivity contribution >= 4 is 0 Å². The molecule has 2 rings (SSSR count). The predicted octanol–water partition coefficient (Wildman–Crippen LogP) is 2.32. The van der Waals surface area contributed by atoms with Gasteiger partial charge in [-0.2, -0.15) is 0 Å². The maximum Gasteiger partial charge on any atom is 0.0208 e. The van der Waals surface area contributed by atoms with E-state index in [0.717, 1.165) is 37.9 Å². The van der Waals surface area contributed by atoms with Crippen LogP contribution in [0.4, 0.5) is 0 Å². The normalized spacial score (nSPS) is 17.1. The Morgan fingerprint density at radius 3 is 2.65 bits per heavy atom. The molecule has 2 nitrogen and oxygen atoms in total. The fourth-order valence-corrected chi connectivity index (χ4v) is 2.40. The zero-order valence-corrected chi connectivity index (χ0v) is 10.8. The van der Waals surface area contributed by atoms with Crippen LogP contribution in [0.5, 0.6) is 0 Å². The average molecular weight is 232 g/mol. The van der Waals surface area contributed by atoms with Crippen molar-refractivity contribution < 1.29 is 0 Å². The number of nitrogens with two attached hydrogens (primary N) is 1. The van der Waals surface area contributed by atoms with Crippen LogP contribution >= 0.6 is 0 Å². The summed E-state index contributed by atoms with van der Waals surface area (Å²) in [5, 5.41) is 3.58. The lowest BCUT2D eigenvalue weighted by Crippen LogP contribution is -2.22. The standard InChI is InChI=1S/C15H24N2/c1-12(13-6-7-13)10-17-11-15-5-3-2-4-14(15)8-9-16/h2-5,12-13,17H,6-11,16H2,1H3. The molecule has 0 radical (unpaired) electrons. The van der Waals surface area contributed by atoms with Crippen LogP contribution in [0.25, 0.3) is 0 Å². The van der Waals surface area contributed by atoms with Crippen molar-refractivity contribution in [3.05, 3.63) is 35.4 Å². The van der Waals surface area contributed by atoms with Crippen LogP contribution in [0.2, 0.25) is 0 Å². The van der Waals surface area contributed by atoms with E-state index in [1.165, 1.54) is 24.0 Å². The third-order valence-electron chi connectivity index (χ3n) is 3.74. The van der Waals surface area contributed by atoms with E-state index in [9.17, 15) is 0 Å². The number of rotatable bonds is 7. The van der Waals surface area contributed by atoms with E-state index in [-0.39, 0.29) is 0 Å². The smallest absolute Gasteiger partial charge is 0.0208 e. The second-order valence-corrected chi connectivity index (χ2v) is 5.25. The van der Waals surface area contributed by atoms with Crippen molar-refractivity contribution in [3.8, 4) is 0 Å². The van der Waals surface area contributed by atoms with Gasteiger partial charge in [-0.3, -0.25) is 0 Å². The van der Waals surface area contributed by atoms with E-state index in [2.05, 4.69) is 36.5 Å². The van der Waals surface area contributed by atoms with E-state index < -0.39 is 0 Å². The number of benzene rings is 1. The zero-order valence-electron chi connectivity index (χ0n) is 10.8. The van der Waals surface area contributed by atoms with Crippen LogP contribution in [0.3, 0.4) is 0 Å². The largest absolute Gasteiger partial charge is 0.330 e. The topological polar surface area (TPSA) is 38.0 Å². The highest BCUT2D eigenvalue weighted by molar-refractivity contribution is 5.27. The van der Waals surface area contributed by atoms with Crippen molar-refractivity contribution in [2.75, 3.05) is 13.1 Å². The van der Waals surface area contributed by atoms with Gasteiger partial charge in [0.2, 0.25) is 0 Å². The molecular weight excluding hydrogens is 208 g/mol. The predicted molar refractivity (Wildman–Crippen MR) is 72.8 cm³/mol. The van der Waals surface area contributed by atoms with Gasteiger partial charge in [0.05, 0.1) is 0 Å². The Morgan fingerprint density at radius 1 is 1.29 bits per heavy atom. The summed E-state index contributed by atoms with van der Waals surface area (Å²) in [7, 11) is 0. The van der Waals surface area contributed by atoms with Gasteiger partial charge in [0.1, 0.15) is 0 Å². The Hall–Kier alpha value is -0.860. The van der Waals surface area contributed by atoms with E-state index >= 15 is 0 Å². The van der Waals surface area contributed by atoms with Gasteiger partial charge < -0.3 is 11.1 Å². The first-order valence-electron chi connectivity index (χ1n) is 6.79. The second kappa shape index (κ2) is 6.18. The molecule has 2 heteroatoms. The van der Waals surface area contributed by atoms with Gasteiger partial charge in [-0.15, -0.1) is 0 Å². The summed E-state index contributed by atoms with van der Waals surface area (Å²) in [4.78, 5) is 0. The number of hydrogen-bond donors (Lipinski definition) is 2. The molecule has 1 aliphatic rings. The van der Waals surface area contributed by atoms with Gasteiger partial charge in [-0.05, 0) is 55.3 Å². The minimum atomic E-state index is 0.732. The lowest BCUT2D eigenvalue weighted by atomic mass is 10.0. The van der Waals surface area contributed by atoms with Gasteiger partial charge >= 0.3 is 0 Å². The quantitative estimate of drug-likeness (QED) is 0.757. The van der Waals surface area contributed by atoms with Crippen LogP contribution in [-0.2, 0) is 13.0 Å². The molecule has 0 bridgehead atoms. The summed E-state index contributed by atoms with van der Waals surface area (Å²) < 4.78 is 0. The van der Waals surface area contributed by atoms with Gasteiger partial charge in [-0.25, -0.2) is 0 Å². The summed E-state index contributed by atoms with van der Waals surface area (Å²) in [6.45, 7) is 5.21. The third kappa shape index (κ3) is 3.83. The molecule has 0 saturated heterocycles. The van der Waals surface area contributed by atoms with Crippen LogP contribution in [-0.4, -0.2) is 13.1 Å². The minimum absolute atomic E-state index is 0.732. The highest BCUT2D eigenvalue weighted by Gasteiger charge is 2.27. The molecule has 0 heterocycles. The maximum absolute atomic E-state index is 5.63. The molecule has 0 spiro atoms. The van der Waals surface area contributed by atoms with Crippen molar-refractivity contribution in [3.63, 3.8) is 0 Å². The summed E-state index contributed by atoms with van der Waals surface area (Å²) in [6.07, 6.45) is 3.86. The molecule has 0 aliphatic heterocycles. The van der Waals surface area contributed by atoms with Crippen LogP contribution in [0.1, 0.15) is 30.9 Å². The first-order valence-corrected chi connectivity index (χ1v) is 6.79. The first kappa shape index (κ1) is 12.6. The Bertz CT molecular complexity index is 345. The van der Waals surface area contributed by atoms with Crippen molar-refractivity contribution in [1.29, 1.82) is 0 Å². The summed E-state index contributed by atoms with van der Waals surface area (Å²) in [5.74, 6) is 1.82. The van der Waals surface area contributed by atoms with Gasteiger partial charge in [0, 0.05) is 6.54 Å². The number of hydrogen-bond acceptors (Lipinski definition) is 2. The molecule has 17 heavy (non-hydrogen) atoms. The van der Waals surface area contributed by atoms with E-state index in [0.29, 0.717) is 0 Å². The van der Waals surface area contributed by atoms with Crippen molar-refractivity contribution in [2.45, 2.75) is 32.7 Å². The summed E-state index contributed by atoms with van der Waals surface area (Å²) in [6, 6.07) is 8.61. The fraction of sp³-hybridized carbons (Fsp3) is 0.600. The van der Waals surface area contributed by atoms with Crippen LogP contribution in [0, 0.1) is 11.8 Å². The van der Waals surface area contributed by atoms with E-state index in [1.807, 2.05) is 0 Å². The SMILES string of the molecule is CC(CNCc1ccccc1CCN)C1CC1. The van der Waals surface area contributed by atoms with Gasteiger partial charge in [-0.1, -0.05) is 31.2 Å². The lowest BCUT2D eigenvalue weighted by Gasteiger charge is -2.13. The molecule has 0 amide bonds. The molecule has 1 aromatic rings. The molecule has 1 aliphatic carbocycles. The lowest BCUT2D eigenvalue weighted by molar-refractivity contribution is 0.461. The molecular formula is C15H24N2. The Morgan fingerprint density at radius 2 is 2.00 bits per heavy atom. The highest BCUT2D eigenvalue weighted by Crippen LogP contribution is 2.36. The van der Waals surface area contributed by atoms with Crippen molar-refractivity contribution in [2.24, 2.45) is 17.6 Å². The molecule has 1 aromatic carbocycles. The number of nitrogens with one attached hydrogen (secondary N) is 1. The van der Waals surface area contributed by atoms with E-state index in [4.69, 9.17) is 5.73 Å². The molecule has 1 fully saturated rings. The van der Waals surface area contributed by atoms with E-state index in [1.54, 1.807) is 0 Å². The monoisotopic (exact) mass is 232 g/mol. The van der Waals surface area contributed by atoms with Crippen LogP contribution < -0.4 is 11.1 Å². The van der Waals surface area contributed by atoms with Crippen molar-refractivity contribution in [1.82, 2.24) is 5.32 Å². The Labute approximate surface area is 105 Å². The maximum atomic E-state index is 5.63. The average Bonchev–Trinajstić information content (AvgIpc) is 3.15. The van der Waals surface area contributed by atoms with Gasteiger partial charge in [0.25, 0.3) is 0 Å². The molecule has 3 N–H and O–H groups in total. The summed E-state index contributed by atoms with van der Waals surface area (Å²) in [5.41, 5.74) is 8.43. The third-order valence-corrected chi connectivity index (χ3v) is 3.74. The highest BCUT2D eigenvalue weighted by atomic mass is 14.9. The van der Waals surface area contributed by atoms with Crippen LogP contribution in [0.15, 0.2) is 24.3 Å². The Kier molecular flexibility index (Phi) is 4.57.